The van der Waals surface area contributed by atoms with Crippen LogP contribution < -0.4 is 0 Å². The Hall–Kier alpha value is -3.32. The summed E-state index contributed by atoms with van der Waals surface area (Å²) in [6, 6.07) is 33.7. The van der Waals surface area contributed by atoms with Crippen molar-refractivity contribution < 1.29 is 4.42 Å². The molecule has 0 amide bonds. The molecule has 28 heavy (non-hydrogen) atoms. The zero-order valence-electron chi connectivity index (χ0n) is 16.1. The third-order valence-corrected chi connectivity index (χ3v) is 5.78. The first-order valence-corrected chi connectivity index (χ1v) is 9.72. The van der Waals surface area contributed by atoms with E-state index in [0.29, 0.717) is 0 Å². The summed E-state index contributed by atoms with van der Waals surface area (Å²) in [5.74, 6) is 0. The minimum Gasteiger partial charge on any atom is -0.456 e. The molecule has 0 aliphatic heterocycles. The van der Waals surface area contributed by atoms with Gasteiger partial charge in [0.1, 0.15) is 11.2 Å². The summed E-state index contributed by atoms with van der Waals surface area (Å²) in [7, 11) is 0. The number of para-hydroxylation sites is 2. The molecule has 0 spiro atoms. The van der Waals surface area contributed by atoms with Crippen LogP contribution in [0.25, 0.3) is 33.1 Å². The molecule has 0 fully saturated rings. The van der Waals surface area contributed by atoms with E-state index in [1.54, 1.807) is 0 Å². The lowest BCUT2D eigenvalue weighted by Crippen LogP contribution is -2.14. The van der Waals surface area contributed by atoms with Gasteiger partial charge in [-0.05, 0) is 34.4 Å². The maximum absolute atomic E-state index is 5.65. The summed E-state index contributed by atoms with van der Waals surface area (Å²) in [5, 5.41) is 2.39. The predicted octanol–water partition coefficient (Wildman–Crippen LogP) is 7.58. The van der Waals surface area contributed by atoms with Crippen LogP contribution >= 0.6 is 0 Å². The molecule has 1 aliphatic carbocycles. The fraction of sp³-hybridized carbons (Fsp3) is 0.111. The minimum absolute atomic E-state index is 0.160. The molecule has 1 nitrogen and oxygen atoms in total. The Kier molecular flexibility index (Phi) is 3.84. The van der Waals surface area contributed by atoms with E-state index in [-0.39, 0.29) is 5.41 Å². The van der Waals surface area contributed by atoms with E-state index in [0.717, 1.165) is 11.2 Å². The van der Waals surface area contributed by atoms with E-state index < -0.39 is 0 Å². The lowest BCUT2D eigenvalue weighted by Gasteiger charge is -2.20. The van der Waals surface area contributed by atoms with Gasteiger partial charge in [0.15, 0.2) is 0 Å². The predicted molar refractivity (Wildman–Crippen MR) is 118 cm³/mol. The lowest BCUT2D eigenvalue weighted by atomic mass is 9.82. The second-order valence-corrected chi connectivity index (χ2v) is 7.81. The standard InChI is InChI=1S/C15H14.C12H8O/c1-15(2)13-9-5-3-7-11(13)12-8-4-6-10-14(12)15;1-3-7-11-9(5-1)10-6-2-4-8-12(10)13-11/h3-10H,1-2H3;1-8H. The SMILES string of the molecule is CC1(C)c2ccccc2-c2ccccc21.c1ccc2c(c1)oc1ccccc12. The van der Waals surface area contributed by atoms with Gasteiger partial charge in [-0.2, -0.15) is 0 Å². The normalized spacial score (nSPS) is 13.6. The quantitative estimate of drug-likeness (QED) is 0.277. The van der Waals surface area contributed by atoms with Crippen LogP contribution in [-0.2, 0) is 5.41 Å². The van der Waals surface area contributed by atoms with Gasteiger partial charge < -0.3 is 4.42 Å². The molecule has 0 atom stereocenters. The van der Waals surface area contributed by atoms with Gasteiger partial charge in [0.2, 0.25) is 0 Å². The fourth-order valence-corrected chi connectivity index (χ4v) is 4.35. The zero-order valence-corrected chi connectivity index (χ0v) is 16.1. The lowest BCUT2D eigenvalue weighted by molar-refractivity contribution is 0.660. The maximum Gasteiger partial charge on any atom is 0.135 e. The molecule has 6 rings (SSSR count). The van der Waals surface area contributed by atoms with Crippen LogP contribution in [0.2, 0.25) is 0 Å². The van der Waals surface area contributed by atoms with Crippen molar-refractivity contribution in [1.82, 2.24) is 0 Å². The van der Waals surface area contributed by atoms with E-state index >= 15 is 0 Å². The number of fused-ring (bicyclic) bond motifs is 6. The summed E-state index contributed by atoms with van der Waals surface area (Å²) in [6.45, 7) is 4.61. The van der Waals surface area contributed by atoms with Crippen LogP contribution in [0.15, 0.2) is 101 Å². The molecule has 0 saturated carbocycles. The van der Waals surface area contributed by atoms with Gasteiger partial charge in [0.25, 0.3) is 0 Å². The van der Waals surface area contributed by atoms with Crippen LogP contribution in [-0.4, -0.2) is 0 Å². The summed E-state index contributed by atoms with van der Waals surface area (Å²) < 4.78 is 5.65. The van der Waals surface area contributed by atoms with Crippen molar-refractivity contribution in [3.8, 4) is 11.1 Å². The molecule has 4 aromatic carbocycles. The average molecular weight is 362 g/mol. The monoisotopic (exact) mass is 362 g/mol. The van der Waals surface area contributed by atoms with Gasteiger partial charge in [-0.25, -0.2) is 0 Å². The highest BCUT2D eigenvalue weighted by atomic mass is 16.3. The highest BCUT2D eigenvalue weighted by molar-refractivity contribution is 6.04. The number of hydrogen-bond donors (Lipinski definition) is 0. The third-order valence-electron chi connectivity index (χ3n) is 5.78. The highest BCUT2D eigenvalue weighted by Gasteiger charge is 2.34. The Labute approximate surface area is 165 Å². The van der Waals surface area contributed by atoms with Crippen LogP contribution in [0.4, 0.5) is 0 Å². The van der Waals surface area contributed by atoms with E-state index in [4.69, 9.17) is 4.42 Å². The molecule has 136 valence electrons. The maximum atomic E-state index is 5.65. The number of hydrogen-bond acceptors (Lipinski definition) is 1. The number of furan rings is 1. The average Bonchev–Trinajstić information content (AvgIpc) is 3.23. The zero-order chi connectivity index (χ0) is 19.1. The van der Waals surface area contributed by atoms with E-state index in [1.165, 1.54) is 33.0 Å². The van der Waals surface area contributed by atoms with Gasteiger partial charge in [-0.3, -0.25) is 0 Å². The van der Waals surface area contributed by atoms with Crippen LogP contribution in [0.1, 0.15) is 25.0 Å². The molecule has 5 aromatic rings. The highest BCUT2D eigenvalue weighted by Crippen LogP contribution is 2.47. The number of benzene rings is 4. The van der Waals surface area contributed by atoms with E-state index in [9.17, 15) is 0 Å². The summed E-state index contributed by atoms with van der Waals surface area (Å²) in [4.78, 5) is 0. The molecule has 0 saturated heterocycles. The topological polar surface area (TPSA) is 13.1 Å². The molecule has 1 aliphatic rings. The van der Waals surface area contributed by atoms with Gasteiger partial charge in [0, 0.05) is 16.2 Å². The van der Waals surface area contributed by atoms with Gasteiger partial charge in [-0.15, -0.1) is 0 Å². The Morgan fingerprint density at radius 1 is 0.500 bits per heavy atom. The molecule has 0 bridgehead atoms. The summed E-state index contributed by atoms with van der Waals surface area (Å²) in [6.07, 6.45) is 0. The van der Waals surface area contributed by atoms with E-state index in [2.05, 4.69) is 74.5 Å². The summed E-state index contributed by atoms with van der Waals surface area (Å²) >= 11 is 0. The van der Waals surface area contributed by atoms with Crippen molar-refractivity contribution in [3.05, 3.63) is 108 Å². The molecule has 1 heteroatoms. The Morgan fingerprint density at radius 2 is 0.893 bits per heavy atom. The van der Waals surface area contributed by atoms with Crippen LogP contribution in [0.3, 0.4) is 0 Å². The first kappa shape index (κ1) is 16.8. The molecular weight excluding hydrogens is 340 g/mol. The van der Waals surface area contributed by atoms with Gasteiger partial charge in [0.05, 0.1) is 0 Å². The van der Waals surface area contributed by atoms with Crippen molar-refractivity contribution in [2.24, 2.45) is 0 Å². The second kappa shape index (κ2) is 6.38. The van der Waals surface area contributed by atoms with Crippen molar-refractivity contribution in [1.29, 1.82) is 0 Å². The Morgan fingerprint density at radius 3 is 1.39 bits per heavy atom. The summed E-state index contributed by atoms with van der Waals surface area (Å²) in [5.41, 5.74) is 7.79. The Balaban J connectivity index is 0.000000123. The largest absolute Gasteiger partial charge is 0.456 e. The number of rotatable bonds is 0. The molecule has 0 unspecified atom stereocenters. The second-order valence-electron chi connectivity index (χ2n) is 7.81. The van der Waals surface area contributed by atoms with Gasteiger partial charge >= 0.3 is 0 Å². The molecule has 0 N–H and O–H groups in total. The fourth-order valence-electron chi connectivity index (χ4n) is 4.35. The Bertz CT molecular complexity index is 1190. The minimum atomic E-state index is 0.160. The molecule has 1 heterocycles. The smallest absolute Gasteiger partial charge is 0.135 e. The molecule has 1 aromatic heterocycles. The van der Waals surface area contributed by atoms with Crippen LogP contribution in [0, 0.1) is 0 Å². The van der Waals surface area contributed by atoms with Gasteiger partial charge in [-0.1, -0.05) is 98.8 Å². The first-order chi connectivity index (χ1) is 13.7. The van der Waals surface area contributed by atoms with Crippen molar-refractivity contribution in [2.75, 3.05) is 0 Å². The van der Waals surface area contributed by atoms with Crippen molar-refractivity contribution >= 4 is 21.9 Å². The first-order valence-electron chi connectivity index (χ1n) is 9.72. The van der Waals surface area contributed by atoms with Crippen molar-refractivity contribution in [3.63, 3.8) is 0 Å². The third kappa shape index (κ3) is 2.55. The van der Waals surface area contributed by atoms with E-state index in [1.807, 2.05) is 36.4 Å². The molecular formula is C27H22O. The van der Waals surface area contributed by atoms with Crippen molar-refractivity contribution in [2.45, 2.75) is 19.3 Å². The van der Waals surface area contributed by atoms with Crippen LogP contribution in [0.5, 0.6) is 0 Å². The molecule has 0 radical (unpaired) electrons.